The molecule has 24 heavy (non-hydrogen) atoms. The van der Waals surface area contributed by atoms with Crippen LogP contribution in [0.5, 0.6) is 5.75 Å². The molecular weight excluding hydrogens is 328 g/mol. The largest absolute Gasteiger partial charge is 0.497 e. The molecule has 7 nitrogen and oxygen atoms in total. The van der Waals surface area contributed by atoms with Crippen molar-refractivity contribution in [2.75, 3.05) is 19.0 Å². The van der Waals surface area contributed by atoms with Crippen LogP contribution < -0.4 is 15.4 Å². The highest BCUT2D eigenvalue weighted by molar-refractivity contribution is 7.13. The van der Waals surface area contributed by atoms with E-state index in [2.05, 4.69) is 20.8 Å². The number of hydrogen-bond donors (Lipinski definition) is 2. The summed E-state index contributed by atoms with van der Waals surface area (Å²) >= 11 is 1.19. The number of aromatic nitrogens is 2. The third-order valence-electron chi connectivity index (χ3n) is 3.15. The van der Waals surface area contributed by atoms with E-state index in [1.165, 1.54) is 11.3 Å². The molecular formula is C16H20N4O3S. The highest BCUT2D eigenvalue weighted by Crippen LogP contribution is 2.17. The Morgan fingerprint density at radius 3 is 2.62 bits per heavy atom. The molecule has 1 heterocycles. The summed E-state index contributed by atoms with van der Waals surface area (Å²) < 4.78 is 5.07. The van der Waals surface area contributed by atoms with Gasteiger partial charge in [0.2, 0.25) is 10.9 Å². The van der Waals surface area contributed by atoms with E-state index < -0.39 is 0 Å². The van der Waals surface area contributed by atoms with Crippen molar-refractivity contribution < 1.29 is 14.3 Å². The highest BCUT2D eigenvalue weighted by Gasteiger charge is 2.14. The van der Waals surface area contributed by atoms with Gasteiger partial charge in [0.05, 0.1) is 7.11 Å². The number of nitrogens with zero attached hydrogens (tertiary/aromatic N) is 2. The van der Waals surface area contributed by atoms with Crippen LogP contribution in [-0.2, 0) is 11.2 Å². The number of nitrogens with one attached hydrogen (secondary N) is 2. The van der Waals surface area contributed by atoms with Crippen molar-refractivity contribution in [1.82, 2.24) is 15.5 Å². The molecule has 0 aliphatic heterocycles. The van der Waals surface area contributed by atoms with E-state index in [0.29, 0.717) is 35.8 Å². The van der Waals surface area contributed by atoms with Crippen molar-refractivity contribution in [2.24, 2.45) is 0 Å². The van der Waals surface area contributed by atoms with Gasteiger partial charge in [-0.05, 0) is 30.7 Å². The second-order valence-electron chi connectivity index (χ2n) is 5.03. The van der Waals surface area contributed by atoms with Gasteiger partial charge in [-0.15, -0.1) is 10.2 Å². The van der Waals surface area contributed by atoms with Crippen LogP contribution in [0.25, 0.3) is 0 Å². The summed E-state index contributed by atoms with van der Waals surface area (Å²) in [5, 5.41) is 14.3. The molecule has 1 aromatic carbocycles. The Balaban J connectivity index is 1.87. The predicted molar refractivity (Wildman–Crippen MR) is 92.5 cm³/mol. The molecule has 128 valence electrons. The van der Waals surface area contributed by atoms with Crippen molar-refractivity contribution in [3.63, 3.8) is 0 Å². The summed E-state index contributed by atoms with van der Waals surface area (Å²) in [6.07, 6.45) is 1.72. The first-order chi connectivity index (χ1) is 11.6. The lowest BCUT2D eigenvalue weighted by Gasteiger charge is -2.04. The number of carbonyl (C=O) groups is 2. The number of aryl methyl sites for hydroxylation is 1. The molecule has 2 aromatic rings. The zero-order valence-corrected chi connectivity index (χ0v) is 14.5. The molecule has 0 aliphatic rings. The Hall–Kier alpha value is -2.48. The standard InChI is InChI=1S/C16H20N4O3S/c1-3-10-17-13(21)8-9-14-19-20-16(24-14)15(22)18-11-4-6-12(23-2)7-5-11/h4-7H,3,8-10H2,1-2H3,(H,17,21)(H,18,22). The first-order valence-corrected chi connectivity index (χ1v) is 8.48. The molecule has 0 atom stereocenters. The van der Waals surface area contributed by atoms with E-state index >= 15 is 0 Å². The summed E-state index contributed by atoms with van der Waals surface area (Å²) in [7, 11) is 1.58. The van der Waals surface area contributed by atoms with Crippen LogP contribution >= 0.6 is 11.3 Å². The third-order valence-corrected chi connectivity index (χ3v) is 4.13. The number of hydrogen-bond acceptors (Lipinski definition) is 6. The Kier molecular flexibility index (Phi) is 6.68. The molecule has 2 amide bonds. The Morgan fingerprint density at radius 1 is 1.21 bits per heavy atom. The molecule has 0 saturated heterocycles. The van der Waals surface area contributed by atoms with Gasteiger partial charge in [0.15, 0.2) is 0 Å². The van der Waals surface area contributed by atoms with Gasteiger partial charge in [0, 0.05) is 25.1 Å². The van der Waals surface area contributed by atoms with Crippen molar-refractivity contribution in [2.45, 2.75) is 26.2 Å². The minimum absolute atomic E-state index is 0.0173. The normalized spacial score (nSPS) is 10.2. The molecule has 0 spiro atoms. The maximum Gasteiger partial charge on any atom is 0.286 e. The zero-order valence-electron chi connectivity index (χ0n) is 13.7. The molecule has 0 fully saturated rings. The van der Waals surface area contributed by atoms with Crippen molar-refractivity contribution in [1.29, 1.82) is 0 Å². The molecule has 2 N–H and O–H groups in total. The Morgan fingerprint density at radius 2 is 1.96 bits per heavy atom. The second-order valence-corrected chi connectivity index (χ2v) is 6.10. The van der Waals surface area contributed by atoms with Gasteiger partial charge in [-0.3, -0.25) is 9.59 Å². The SMILES string of the molecule is CCCNC(=O)CCc1nnc(C(=O)Nc2ccc(OC)cc2)s1. The van der Waals surface area contributed by atoms with E-state index in [0.717, 1.165) is 6.42 Å². The summed E-state index contributed by atoms with van der Waals surface area (Å²) in [6.45, 7) is 2.67. The fraction of sp³-hybridized carbons (Fsp3) is 0.375. The van der Waals surface area contributed by atoms with E-state index in [4.69, 9.17) is 4.74 Å². The van der Waals surface area contributed by atoms with Crippen LogP contribution in [0.4, 0.5) is 5.69 Å². The second kappa shape index (κ2) is 8.97. The molecule has 1 aromatic heterocycles. The molecule has 0 radical (unpaired) electrons. The van der Waals surface area contributed by atoms with Gasteiger partial charge in [0.25, 0.3) is 5.91 Å². The highest BCUT2D eigenvalue weighted by atomic mass is 32.1. The van der Waals surface area contributed by atoms with Crippen LogP contribution in [-0.4, -0.2) is 35.7 Å². The van der Waals surface area contributed by atoms with Crippen LogP contribution in [0.3, 0.4) is 0 Å². The minimum atomic E-state index is -0.320. The Bertz CT molecular complexity index is 685. The molecule has 0 bridgehead atoms. The van der Waals surface area contributed by atoms with Crippen LogP contribution in [0.2, 0.25) is 0 Å². The smallest absolute Gasteiger partial charge is 0.286 e. The summed E-state index contributed by atoms with van der Waals surface area (Å²) in [5.74, 6) is 0.378. The third kappa shape index (κ3) is 5.31. The average molecular weight is 348 g/mol. The molecule has 8 heteroatoms. The summed E-state index contributed by atoms with van der Waals surface area (Å²) in [4.78, 5) is 23.7. The lowest BCUT2D eigenvalue weighted by Crippen LogP contribution is -2.24. The van der Waals surface area contributed by atoms with Crippen molar-refractivity contribution >= 4 is 28.8 Å². The first-order valence-electron chi connectivity index (χ1n) is 7.67. The monoisotopic (exact) mass is 348 g/mol. The van der Waals surface area contributed by atoms with Gasteiger partial charge in [-0.2, -0.15) is 0 Å². The maximum atomic E-state index is 12.1. The quantitative estimate of drug-likeness (QED) is 0.763. The van der Waals surface area contributed by atoms with Crippen LogP contribution in [0.1, 0.15) is 34.6 Å². The summed E-state index contributed by atoms with van der Waals surface area (Å²) in [6, 6.07) is 7.01. The Labute approximate surface area is 144 Å². The number of methoxy groups -OCH3 is 1. The molecule has 0 aliphatic carbocycles. The number of rotatable bonds is 8. The predicted octanol–water partition coefficient (Wildman–Crippen LogP) is 2.26. The number of benzene rings is 1. The lowest BCUT2D eigenvalue weighted by molar-refractivity contribution is -0.121. The van der Waals surface area contributed by atoms with Crippen LogP contribution in [0, 0.1) is 0 Å². The number of amides is 2. The average Bonchev–Trinajstić information content (AvgIpc) is 3.08. The van der Waals surface area contributed by atoms with E-state index in [1.807, 2.05) is 6.92 Å². The fourth-order valence-corrected chi connectivity index (χ4v) is 2.61. The molecule has 2 rings (SSSR count). The maximum absolute atomic E-state index is 12.1. The van der Waals surface area contributed by atoms with Gasteiger partial charge in [-0.25, -0.2) is 0 Å². The topological polar surface area (TPSA) is 93.2 Å². The van der Waals surface area contributed by atoms with E-state index in [1.54, 1.807) is 31.4 Å². The number of ether oxygens (including phenoxy) is 1. The van der Waals surface area contributed by atoms with Crippen LogP contribution in [0.15, 0.2) is 24.3 Å². The van der Waals surface area contributed by atoms with E-state index in [-0.39, 0.29) is 16.8 Å². The number of anilines is 1. The first kappa shape index (κ1) is 17.9. The van der Waals surface area contributed by atoms with Gasteiger partial charge in [-0.1, -0.05) is 18.3 Å². The summed E-state index contributed by atoms with van der Waals surface area (Å²) in [5.41, 5.74) is 0.650. The van der Waals surface area contributed by atoms with Gasteiger partial charge < -0.3 is 15.4 Å². The number of carbonyl (C=O) groups excluding carboxylic acids is 2. The minimum Gasteiger partial charge on any atom is -0.497 e. The van der Waals surface area contributed by atoms with Gasteiger partial charge in [0.1, 0.15) is 10.8 Å². The van der Waals surface area contributed by atoms with Crippen molar-refractivity contribution in [3.8, 4) is 5.75 Å². The lowest BCUT2D eigenvalue weighted by atomic mass is 10.3. The fourth-order valence-electron chi connectivity index (χ4n) is 1.88. The van der Waals surface area contributed by atoms with Gasteiger partial charge >= 0.3 is 0 Å². The molecule has 0 saturated carbocycles. The van der Waals surface area contributed by atoms with Crippen molar-refractivity contribution in [3.05, 3.63) is 34.3 Å². The zero-order chi connectivity index (χ0) is 17.4. The molecule has 0 unspecified atom stereocenters. The van der Waals surface area contributed by atoms with E-state index in [9.17, 15) is 9.59 Å².